The van der Waals surface area contributed by atoms with Gasteiger partial charge in [0.25, 0.3) is 0 Å². The van der Waals surface area contributed by atoms with Crippen molar-refractivity contribution in [1.29, 1.82) is 0 Å². The van der Waals surface area contributed by atoms with E-state index < -0.39 is 5.60 Å². The Hall–Kier alpha value is -1.25. The number of hydrogen-bond acceptors (Lipinski definition) is 6. The number of likely N-dealkylation sites (N-methyl/N-ethyl adjacent to an activating group) is 1. The fraction of sp³-hybridized carbons (Fsp3) is 0.533. The number of β-amino-alcohol motifs (C(OH)–C–C–N with tert-alkyl or cyclic N) is 1. The van der Waals surface area contributed by atoms with E-state index >= 15 is 0 Å². The predicted octanol–water partition coefficient (Wildman–Crippen LogP) is 0.921. The molecule has 0 saturated carbocycles. The van der Waals surface area contributed by atoms with Crippen LogP contribution in [0.15, 0.2) is 23.6 Å². The molecule has 0 radical (unpaired) electrons. The van der Waals surface area contributed by atoms with Gasteiger partial charge in [-0.2, -0.15) is 5.10 Å². The van der Waals surface area contributed by atoms with Crippen molar-refractivity contribution in [2.24, 2.45) is 0 Å². The van der Waals surface area contributed by atoms with Gasteiger partial charge in [0, 0.05) is 31.9 Å². The van der Waals surface area contributed by atoms with Gasteiger partial charge in [-0.25, -0.2) is 0 Å². The third-order valence-electron chi connectivity index (χ3n) is 3.66. The number of rotatable bonds is 5. The number of H-pyrrole nitrogens is 1. The maximum atomic E-state index is 10.6. The Morgan fingerprint density at radius 1 is 1.55 bits per heavy atom. The number of nitrogens with one attached hydrogen (secondary N) is 2. The van der Waals surface area contributed by atoms with Crippen LogP contribution in [-0.2, 0) is 11.3 Å². The molecule has 1 saturated heterocycles. The molecule has 0 aromatic carbocycles. The zero-order valence-corrected chi connectivity index (χ0v) is 13.5. The van der Waals surface area contributed by atoms with Gasteiger partial charge in [-0.05, 0) is 24.6 Å². The van der Waals surface area contributed by atoms with E-state index in [1.807, 2.05) is 18.5 Å². The molecule has 0 bridgehead atoms. The fourth-order valence-corrected chi connectivity index (χ4v) is 3.41. The molecule has 2 aromatic heterocycles. The van der Waals surface area contributed by atoms with Crippen LogP contribution in [0.25, 0.3) is 10.6 Å². The minimum absolute atomic E-state index is 0.369. The molecule has 22 heavy (non-hydrogen) atoms. The lowest BCUT2D eigenvalue weighted by Crippen LogP contribution is -2.50. The number of nitrogens with zero attached hydrogens (tertiary/aromatic N) is 2. The summed E-state index contributed by atoms with van der Waals surface area (Å²) in [4.78, 5) is 3.24. The summed E-state index contributed by atoms with van der Waals surface area (Å²) in [5, 5.41) is 23.3. The van der Waals surface area contributed by atoms with Crippen LogP contribution in [0.4, 0.5) is 0 Å². The first-order valence-corrected chi connectivity index (χ1v) is 8.30. The molecule has 3 heterocycles. The summed E-state index contributed by atoms with van der Waals surface area (Å²) in [7, 11) is 1.99. The Morgan fingerprint density at radius 2 is 2.45 bits per heavy atom. The summed E-state index contributed by atoms with van der Waals surface area (Å²) >= 11 is 1.68. The van der Waals surface area contributed by atoms with Crippen molar-refractivity contribution in [3.63, 3.8) is 0 Å². The van der Waals surface area contributed by atoms with Crippen LogP contribution in [0.5, 0.6) is 0 Å². The van der Waals surface area contributed by atoms with E-state index in [4.69, 9.17) is 4.74 Å². The molecule has 1 fully saturated rings. The first-order chi connectivity index (χ1) is 10.6. The van der Waals surface area contributed by atoms with Gasteiger partial charge in [-0.1, -0.05) is 6.07 Å². The van der Waals surface area contributed by atoms with Crippen LogP contribution < -0.4 is 5.32 Å². The van der Waals surface area contributed by atoms with Crippen LogP contribution in [-0.4, -0.2) is 65.7 Å². The number of hydrogen-bond donors (Lipinski definition) is 3. The second kappa shape index (κ2) is 6.89. The Bertz CT molecular complexity index is 576. The second-order valence-electron chi connectivity index (χ2n) is 5.88. The van der Waals surface area contributed by atoms with Gasteiger partial charge < -0.3 is 15.2 Å². The topological polar surface area (TPSA) is 73.4 Å². The standard InChI is InChI=1S/C15H22N4O2S/c1-19(10-15(20)9-16-4-5-21-11-15)8-12-7-13(18-17-12)14-3-2-6-22-14/h2-3,6-7,16,20H,4-5,8-11H2,1H3,(H,17,18)/t15-/m1/s1. The van der Waals surface area contributed by atoms with Crippen molar-refractivity contribution in [3.05, 3.63) is 29.3 Å². The summed E-state index contributed by atoms with van der Waals surface area (Å²) in [5.74, 6) is 0. The molecule has 0 spiro atoms. The SMILES string of the molecule is CN(Cc1cc(-c2cccs2)n[nH]1)C[C@]1(O)CNCCOC1. The third-order valence-corrected chi connectivity index (χ3v) is 4.55. The molecule has 3 rings (SSSR count). The summed E-state index contributed by atoms with van der Waals surface area (Å²) in [5.41, 5.74) is 1.16. The summed E-state index contributed by atoms with van der Waals surface area (Å²) in [6.45, 7) is 3.62. The monoisotopic (exact) mass is 322 g/mol. The second-order valence-corrected chi connectivity index (χ2v) is 6.83. The van der Waals surface area contributed by atoms with Crippen molar-refractivity contribution < 1.29 is 9.84 Å². The smallest absolute Gasteiger partial charge is 0.113 e. The number of ether oxygens (including phenoxy) is 1. The zero-order valence-electron chi connectivity index (χ0n) is 12.7. The van der Waals surface area contributed by atoms with Crippen LogP contribution in [0.2, 0.25) is 0 Å². The molecular formula is C15H22N4O2S. The maximum Gasteiger partial charge on any atom is 0.113 e. The molecule has 120 valence electrons. The minimum atomic E-state index is -0.845. The fourth-order valence-electron chi connectivity index (χ4n) is 2.72. The molecule has 0 amide bonds. The van der Waals surface area contributed by atoms with E-state index in [0.717, 1.165) is 22.8 Å². The Balaban J connectivity index is 1.58. The van der Waals surface area contributed by atoms with Crippen LogP contribution in [0, 0.1) is 0 Å². The first-order valence-electron chi connectivity index (χ1n) is 7.42. The average molecular weight is 322 g/mol. The van der Waals surface area contributed by atoms with Crippen LogP contribution in [0.1, 0.15) is 5.69 Å². The van der Waals surface area contributed by atoms with Crippen molar-refractivity contribution in [1.82, 2.24) is 20.4 Å². The average Bonchev–Trinajstić information content (AvgIpc) is 3.09. The summed E-state index contributed by atoms with van der Waals surface area (Å²) < 4.78 is 5.46. The third kappa shape index (κ3) is 3.93. The van der Waals surface area contributed by atoms with Gasteiger partial charge in [-0.3, -0.25) is 10.00 Å². The number of aromatic nitrogens is 2. The molecule has 1 aliphatic rings. The molecule has 0 aliphatic carbocycles. The van der Waals surface area contributed by atoms with Gasteiger partial charge in [0.15, 0.2) is 0 Å². The Kier molecular flexibility index (Phi) is 4.90. The molecule has 0 unspecified atom stereocenters. The quantitative estimate of drug-likeness (QED) is 0.763. The lowest BCUT2D eigenvalue weighted by molar-refractivity contribution is -0.0463. The molecular weight excluding hydrogens is 300 g/mol. The van der Waals surface area contributed by atoms with E-state index in [1.165, 1.54) is 0 Å². The number of thiophene rings is 1. The summed E-state index contributed by atoms with van der Waals surface area (Å²) in [6.07, 6.45) is 0. The molecule has 2 aromatic rings. The number of aromatic amines is 1. The van der Waals surface area contributed by atoms with E-state index in [2.05, 4.69) is 32.5 Å². The van der Waals surface area contributed by atoms with Gasteiger partial charge >= 0.3 is 0 Å². The first kappa shape index (κ1) is 15.6. The maximum absolute atomic E-state index is 10.6. The molecule has 1 aliphatic heterocycles. The van der Waals surface area contributed by atoms with Gasteiger partial charge in [0.1, 0.15) is 11.3 Å². The highest BCUT2D eigenvalue weighted by Gasteiger charge is 2.30. The van der Waals surface area contributed by atoms with E-state index in [1.54, 1.807) is 11.3 Å². The highest BCUT2D eigenvalue weighted by Crippen LogP contribution is 2.23. The predicted molar refractivity (Wildman–Crippen MR) is 86.9 cm³/mol. The van der Waals surface area contributed by atoms with Crippen molar-refractivity contribution in [2.45, 2.75) is 12.1 Å². The van der Waals surface area contributed by atoms with Crippen molar-refractivity contribution in [3.8, 4) is 10.6 Å². The van der Waals surface area contributed by atoms with E-state index in [9.17, 15) is 5.11 Å². The van der Waals surface area contributed by atoms with Crippen molar-refractivity contribution in [2.75, 3.05) is 39.9 Å². The van der Waals surface area contributed by atoms with Crippen LogP contribution >= 0.6 is 11.3 Å². The van der Waals surface area contributed by atoms with Gasteiger partial charge in [0.2, 0.25) is 0 Å². The molecule has 3 N–H and O–H groups in total. The molecule has 1 atom stereocenters. The molecule has 7 heteroatoms. The highest BCUT2D eigenvalue weighted by atomic mass is 32.1. The highest BCUT2D eigenvalue weighted by molar-refractivity contribution is 7.13. The minimum Gasteiger partial charge on any atom is -0.385 e. The van der Waals surface area contributed by atoms with Crippen molar-refractivity contribution >= 4 is 11.3 Å². The van der Waals surface area contributed by atoms with E-state index in [0.29, 0.717) is 32.8 Å². The van der Waals surface area contributed by atoms with Gasteiger partial charge in [-0.15, -0.1) is 11.3 Å². The Labute approximate surface area is 134 Å². The lowest BCUT2D eigenvalue weighted by atomic mass is 10.1. The number of aliphatic hydroxyl groups is 1. The normalized spacial score (nSPS) is 22.9. The van der Waals surface area contributed by atoms with Crippen LogP contribution in [0.3, 0.4) is 0 Å². The van der Waals surface area contributed by atoms with E-state index in [-0.39, 0.29) is 0 Å². The summed E-state index contributed by atoms with van der Waals surface area (Å²) in [6, 6.07) is 6.15. The lowest BCUT2D eigenvalue weighted by Gasteiger charge is -2.30. The molecule has 6 nitrogen and oxygen atoms in total. The Morgan fingerprint density at radius 3 is 3.27 bits per heavy atom. The largest absolute Gasteiger partial charge is 0.385 e. The van der Waals surface area contributed by atoms with Gasteiger partial charge in [0.05, 0.1) is 18.1 Å². The zero-order chi connectivity index (χ0) is 15.4.